The molecule has 1 rings (SSSR count). The summed E-state index contributed by atoms with van der Waals surface area (Å²) in [5.41, 5.74) is 6.14. The van der Waals surface area contributed by atoms with Crippen molar-refractivity contribution in [1.82, 2.24) is 9.88 Å². The van der Waals surface area contributed by atoms with E-state index < -0.39 is 0 Å². The predicted molar refractivity (Wildman–Crippen MR) is 63.6 cm³/mol. The van der Waals surface area contributed by atoms with Gasteiger partial charge in [0.05, 0.1) is 12.6 Å². The minimum Gasteiger partial charge on any atom is -0.383 e. The van der Waals surface area contributed by atoms with Crippen molar-refractivity contribution in [3.05, 3.63) is 16.1 Å². The third kappa shape index (κ3) is 3.26. The Morgan fingerprint density at radius 3 is 2.94 bits per heavy atom. The third-order valence-electron chi connectivity index (χ3n) is 2.11. The normalized spacial score (nSPS) is 12.5. The molecule has 1 amide bonds. The average Bonchev–Trinajstić information content (AvgIpc) is 2.74. The number of amides is 1. The van der Waals surface area contributed by atoms with E-state index in [1.807, 2.05) is 6.92 Å². The number of rotatable bonds is 5. The zero-order valence-electron chi connectivity index (χ0n) is 9.77. The molecule has 16 heavy (non-hydrogen) atoms. The molecular formula is C10H17N3O2S. The van der Waals surface area contributed by atoms with Gasteiger partial charge in [-0.3, -0.25) is 4.79 Å². The quantitative estimate of drug-likeness (QED) is 0.833. The predicted octanol–water partition coefficient (Wildman–Crippen LogP) is 0.881. The number of nitrogens with zero attached hydrogens (tertiary/aromatic N) is 2. The molecule has 1 unspecified atom stereocenters. The molecule has 2 N–H and O–H groups in total. The fourth-order valence-corrected chi connectivity index (χ4v) is 1.87. The van der Waals surface area contributed by atoms with Crippen LogP contribution in [0.1, 0.15) is 28.5 Å². The number of likely N-dealkylation sites (N-methyl/N-ethyl adjacent to an activating group) is 1. The van der Waals surface area contributed by atoms with Crippen LogP contribution in [0, 0.1) is 0 Å². The molecule has 1 aromatic rings. The molecule has 0 aliphatic heterocycles. The van der Waals surface area contributed by atoms with Crippen LogP contribution in [-0.2, 0) is 4.74 Å². The Morgan fingerprint density at radius 2 is 2.44 bits per heavy atom. The number of thiazole rings is 1. The Morgan fingerprint density at radius 1 is 1.75 bits per heavy atom. The fraction of sp³-hybridized carbons (Fsp3) is 0.600. The van der Waals surface area contributed by atoms with Crippen molar-refractivity contribution in [2.24, 2.45) is 5.73 Å². The van der Waals surface area contributed by atoms with Crippen LogP contribution in [0.5, 0.6) is 0 Å². The summed E-state index contributed by atoms with van der Waals surface area (Å²) in [5, 5.41) is 2.52. The highest BCUT2D eigenvalue weighted by Crippen LogP contribution is 2.16. The van der Waals surface area contributed by atoms with E-state index in [1.54, 1.807) is 24.4 Å². The molecule has 0 fully saturated rings. The second-order valence-corrected chi connectivity index (χ2v) is 4.47. The van der Waals surface area contributed by atoms with Gasteiger partial charge in [-0.05, 0) is 6.92 Å². The van der Waals surface area contributed by atoms with Gasteiger partial charge in [-0.1, -0.05) is 0 Å². The zero-order valence-corrected chi connectivity index (χ0v) is 10.6. The van der Waals surface area contributed by atoms with E-state index in [1.165, 1.54) is 11.3 Å². The number of carbonyl (C=O) groups excluding carboxylic acids is 1. The van der Waals surface area contributed by atoms with E-state index in [4.69, 9.17) is 10.5 Å². The third-order valence-corrected chi connectivity index (χ3v) is 3.15. The highest BCUT2D eigenvalue weighted by molar-refractivity contribution is 7.09. The molecule has 0 aliphatic rings. The molecule has 0 spiro atoms. The van der Waals surface area contributed by atoms with Crippen molar-refractivity contribution >= 4 is 17.2 Å². The molecular weight excluding hydrogens is 226 g/mol. The maximum Gasteiger partial charge on any atom is 0.273 e. The molecule has 0 radical (unpaired) electrons. The van der Waals surface area contributed by atoms with Gasteiger partial charge in [-0.15, -0.1) is 11.3 Å². The van der Waals surface area contributed by atoms with Crippen molar-refractivity contribution in [3.8, 4) is 0 Å². The van der Waals surface area contributed by atoms with Crippen LogP contribution >= 0.6 is 11.3 Å². The lowest BCUT2D eigenvalue weighted by molar-refractivity contribution is 0.0739. The van der Waals surface area contributed by atoms with Gasteiger partial charge in [0.25, 0.3) is 5.91 Å². The molecule has 1 heterocycles. The standard InChI is InChI=1S/C10H17N3O2S/c1-7(11)9-12-8(6-16-9)10(14)13(2)4-5-15-3/h6-7H,4-5,11H2,1-3H3. The van der Waals surface area contributed by atoms with Crippen LogP contribution in [0.15, 0.2) is 5.38 Å². The minimum absolute atomic E-state index is 0.0970. The van der Waals surface area contributed by atoms with E-state index in [2.05, 4.69) is 4.98 Å². The number of nitrogens with two attached hydrogens (primary N) is 1. The molecule has 0 aliphatic carbocycles. The lowest BCUT2D eigenvalue weighted by atomic mass is 10.3. The summed E-state index contributed by atoms with van der Waals surface area (Å²) < 4.78 is 4.91. The van der Waals surface area contributed by atoms with Crippen molar-refractivity contribution in [2.75, 3.05) is 27.3 Å². The van der Waals surface area contributed by atoms with Gasteiger partial charge < -0.3 is 15.4 Å². The van der Waals surface area contributed by atoms with Crippen molar-refractivity contribution in [2.45, 2.75) is 13.0 Å². The SMILES string of the molecule is COCCN(C)C(=O)c1csc(C(C)N)n1. The first kappa shape index (κ1) is 13.1. The smallest absolute Gasteiger partial charge is 0.273 e. The average molecular weight is 243 g/mol. The first-order valence-electron chi connectivity index (χ1n) is 5.01. The summed E-state index contributed by atoms with van der Waals surface area (Å²) in [6.07, 6.45) is 0. The maximum atomic E-state index is 11.9. The summed E-state index contributed by atoms with van der Waals surface area (Å²) in [5.74, 6) is -0.0970. The van der Waals surface area contributed by atoms with E-state index in [0.29, 0.717) is 18.8 Å². The van der Waals surface area contributed by atoms with Crippen LogP contribution in [0.4, 0.5) is 0 Å². The van der Waals surface area contributed by atoms with Gasteiger partial charge >= 0.3 is 0 Å². The number of aromatic nitrogens is 1. The number of carbonyl (C=O) groups is 1. The van der Waals surface area contributed by atoms with Gasteiger partial charge in [0.1, 0.15) is 10.7 Å². The van der Waals surface area contributed by atoms with Crippen molar-refractivity contribution in [3.63, 3.8) is 0 Å². The number of hydrogen-bond acceptors (Lipinski definition) is 5. The highest BCUT2D eigenvalue weighted by Gasteiger charge is 2.16. The van der Waals surface area contributed by atoms with E-state index >= 15 is 0 Å². The molecule has 6 heteroatoms. The van der Waals surface area contributed by atoms with E-state index in [-0.39, 0.29) is 11.9 Å². The van der Waals surface area contributed by atoms with Crippen molar-refractivity contribution < 1.29 is 9.53 Å². The molecule has 0 bridgehead atoms. The van der Waals surface area contributed by atoms with Crippen LogP contribution in [0.2, 0.25) is 0 Å². The number of hydrogen-bond donors (Lipinski definition) is 1. The topological polar surface area (TPSA) is 68.5 Å². The van der Waals surface area contributed by atoms with Gasteiger partial charge in [0, 0.05) is 26.1 Å². The molecule has 5 nitrogen and oxygen atoms in total. The van der Waals surface area contributed by atoms with E-state index in [0.717, 1.165) is 5.01 Å². The molecule has 1 aromatic heterocycles. The van der Waals surface area contributed by atoms with Crippen LogP contribution < -0.4 is 5.73 Å². The Labute approximate surface area is 99.2 Å². The number of methoxy groups -OCH3 is 1. The molecule has 0 saturated carbocycles. The van der Waals surface area contributed by atoms with E-state index in [9.17, 15) is 4.79 Å². The highest BCUT2D eigenvalue weighted by atomic mass is 32.1. The van der Waals surface area contributed by atoms with Gasteiger partial charge in [0.2, 0.25) is 0 Å². The van der Waals surface area contributed by atoms with Gasteiger partial charge in [-0.25, -0.2) is 4.98 Å². The first-order chi connectivity index (χ1) is 7.56. The largest absolute Gasteiger partial charge is 0.383 e. The van der Waals surface area contributed by atoms with Gasteiger partial charge in [-0.2, -0.15) is 0 Å². The second-order valence-electron chi connectivity index (χ2n) is 3.58. The summed E-state index contributed by atoms with van der Waals surface area (Å²) in [6, 6.07) is -0.129. The molecule has 90 valence electrons. The second kappa shape index (κ2) is 5.93. The summed E-state index contributed by atoms with van der Waals surface area (Å²) >= 11 is 1.41. The van der Waals surface area contributed by atoms with Crippen LogP contribution in [0.3, 0.4) is 0 Å². The monoisotopic (exact) mass is 243 g/mol. The lowest BCUT2D eigenvalue weighted by Gasteiger charge is -2.14. The Bertz CT molecular complexity index is 352. The zero-order chi connectivity index (χ0) is 12.1. The Kier molecular flexibility index (Phi) is 4.85. The molecule has 0 saturated heterocycles. The Hall–Kier alpha value is -0.980. The van der Waals surface area contributed by atoms with Crippen LogP contribution in [-0.4, -0.2) is 43.1 Å². The molecule has 0 aromatic carbocycles. The summed E-state index contributed by atoms with van der Waals surface area (Å²) in [7, 11) is 3.33. The summed E-state index contributed by atoms with van der Waals surface area (Å²) in [4.78, 5) is 17.6. The van der Waals surface area contributed by atoms with Crippen molar-refractivity contribution in [1.29, 1.82) is 0 Å². The number of ether oxygens (including phenoxy) is 1. The Balaban J connectivity index is 2.65. The maximum absolute atomic E-state index is 11.9. The molecule has 1 atom stereocenters. The lowest BCUT2D eigenvalue weighted by Crippen LogP contribution is -2.30. The first-order valence-corrected chi connectivity index (χ1v) is 5.89. The van der Waals surface area contributed by atoms with Gasteiger partial charge in [0.15, 0.2) is 0 Å². The summed E-state index contributed by atoms with van der Waals surface area (Å²) in [6.45, 7) is 2.93. The minimum atomic E-state index is -0.129. The van der Waals surface area contributed by atoms with Crippen LogP contribution in [0.25, 0.3) is 0 Å². The fourth-order valence-electron chi connectivity index (χ4n) is 1.12.